The van der Waals surface area contributed by atoms with Gasteiger partial charge in [0.25, 0.3) is 0 Å². The van der Waals surface area contributed by atoms with Crippen LogP contribution in [0.2, 0.25) is 0 Å². The van der Waals surface area contributed by atoms with E-state index in [2.05, 4.69) is 10.1 Å². The minimum atomic E-state index is 0.0728. The molecule has 66 valence electrons. The molecule has 0 spiro atoms. The van der Waals surface area contributed by atoms with Crippen molar-refractivity contribution in [2.45, 2.75) is 0 Å². The Hall–Kier alpha value is -2.04. The molecule has 0 aromatic carbocycles. The Morgan fingerprint density at radius 1 is 1.54 bits per heavy atom. The molecule has 0 bridgehead atoms. The molecule has 2 heterocycles. The van der Waals surface area contributed by atoms with E-state index in [-0.39, 0.29) is 5.84 Å². The third kappa shape index (κ3) is 1.10. The number of nitrogens with zero attached hydrogens (tertiary/aromatic N) is 3. The summed E-state index contributed by atoms with van der Waals surface area (Å²) in [7, 11) is 0. The highest BCUT2D eigenvalue weighted by Crippen LogP contribution is 2.05. The molecule has 0 atom stereocenters. The van der Waals surface area contributed by atoms with Gasteiger partial charge in [-0.05, 0) is 12.1 Å². The fourth-order valence-electron chi connectivity index (χ4n) is 1.21. The van der Waals surface area contributed by atoms with Crippen LogP contribution in [-0.4, -0.2) is 20.4 Å². The second kappa shape index (κ2) is 2.78. The van der Waals surface area contributed by atoms with Crippen LogP contribution in [0, 0.1) is 0 Å². The molecule has 2 rings (SSSR count). The van der Waals surface area contributed by atoms with Gasteiger partial charge in [-0.25, -0.2) is 4.98 Å². The number of rotatable bonds is 1. The number of amidine groups is 1. The number of fused-ring (bicyclic) bond motifs is 1. The third-order valence-electron chi connectivity index (χ3n) is 1.82. The van der Waals surface area contributed by atoms with Gasteiger partial charge in [-0.15, -0.1) is 0 Å². The van der Waals surface area contributed by atoms with E-state index in [9.17, 15) is 0 Å². The first-order valence-electron chi connectivity index (χ1n) is 3.72. The molecular formula is C8H8N4O. The first kappa shape index (κ1) is 7.60. The molecule has 0 saturated carbocycles. The van der Waals surface area contributed by atoms with Gasteiger partial charge in [0, 0.05) is 0 Å². The molecule has 0 aliphatic rings. The number of pyridine rings is 1. The van der Waals surface area contributed by atoms with E-state index < -0.39 is 0 Å². The molecular weight excluding hydrogens is 168 g/mol. The maximum absolute atomic E-state index is 8.51. The quantitative estimate of drug-likeness (QED) is 0.286. The highest BCUT2D eigenvalue weighted by Gasteiger charge is 2.03. The Balaban J connectivity index is 2.75. The first-order chi connectivity index (χ1) is 6.33. The predicted molar refractivity (Wildman–Crippen MR) is 47.7 cm³/mol. The summed E-state index contributed by atoms with van der Waals surface area (Å²) in [4.78, 5) is 3.95. The molecule has 0 aliphatic carbocycles. The van der Waals surface area contributed by atoms with Gasteiger partial charge in [0.2, 0.25) is 0 Å². The lowest BCUT2D eigenvalue weighted by Gasteiger charge is -2.01. The van der Waals surface area contributed by atoms with Crippen LogP contribution in [0.3, 0.4) is 0 Å². The molecule has 0 radical (unpaired) electrons. The SMILES string of the molecule is N/C(=N/O)c1cccc2cncn12. The van der Waals surface area contributed by atoms with Crippen molar-refractivity contribution in [1.82, 2.24) is 9.38 Å². The zero-order chi connectivity index (χ0) is 9.26. The van der Waals surface area contributed by atoms with Crippen molar-refractivity contribution >= 4 is 11.4 Å². The smallest absolute Gasteiger partial charge is 0.187 e. The molecule has 0 saturated heterocycles. The van der Waals surface area contributed by atoms with E-state index in [1.54, 1.807) is 23.0 Å². The Bertz CT molecular complexity index is 460. The minimum Gasteiger partial charge on any atom is -0.409 e. The van der Waals surface area contributed by atoms with E-state index in [4.69, 9.17) is 10.9 Å². The van der Waals surface area contributed by atoms with Crippen LogP contribution in [0.25, 0.3) is 5.52 Å². The van der Waals surface area contributed by atoms with Crippen LogP contribution < -0.4 is 5.73 Å². The number of imidazole rings is 1. The van der Waals surface area contributed by atoms with Crippen molar-refractivity contribution in [2.75, 3.05) is 0 Å². The lowest BCUT2D eigenvalue weighted by molar-refractivity contribution is 0.318. The number of oxime groups is 1. The molecule has 2 aromatic rings. The molecule has 3 N–H and O–H groups in total. The molecule has 5 nitrogen and oxygen atoms in total. The summed E-state index contributed by atoms with van der Waals surface area (Å²) in [5, 5.41) is 11.4. The minimum absolute atomic E-state index is 0.0728. The molecule has 0 aliphatic heterocycles. The zero-order valence-electron chi connectivity index (χ0n) is 6.75. The second-order valence-electron chi connectivity index (χ2n) is 2.58. The van der Waals surface area contributed by atoms with Gasteiger partial charge in [-0.3, -0.25) is 4.40 Å². The molecule has 0 unspecified atom stereocenters. The van der Waals surface area contributed by atoms with Crippen molar-refractivity contribution < 1.29 is 5.21 Å². The Morgan fingerprint density at radius 3 is 3.15 bits per heavy atom. The molecule has 13 heavy (non-hydrogen) atoms. The first-order valence-corrected chi connectivity index (χ1v) is 3.72. The summed E-state index contributed by atoms with van der Waals surface area (Å²) in [6.45, 7) is 0. The average Bonchev–Trinajstić information content (AvgIpc) is 2.63. The lowest BCUT2D eigenvalue weighted by atomic mass is 10.3. The topological polar surface area (TPSA) is 75.9 Å². The number of nitrogens with two attached hydrogens (primary N) is 1. The fraction of sp³-hybridized carbons (Fsp3) is 0. The van der Waals surface area contributed by atoms with Crippen molar-refractivity contribution in [3.05, 3.63) is 36.4 Å². The summed E-state index contributed by atoms with van der Waals surface area (Å²) >= 11 is 0. The van der Waals surface area contributed by atoms with E-state index in [0.29, 0.717) is 5.69 Å². The lowest BCUT2D eigenvalue weighted by Crippen LogP contribution is -2.16. The summed E-state index contributed by atoms with van der Waals surface area (Å²) in [5.74, 6) is 0.0728. The summed E-state index contributed by atoms with van der Waals surface area (Å²) in [6, 6.07) is 5.47. The normalized spacial score (nSPS) is 12.2. The molecule has 5 heteroatoms. The fourth-order valence-corrected chi connectivity index (χ4v) is 1.21. The second-order valence-corrected chi connectivity index (χ2v) is 2.58. The van der Waals surface area contributed by atoms with Crippen molar-refractivity contribution in [3.8, 4) is 0 Å². The van der Waals surface area contributed by atoms with Gasteiger partial charge < -0.3 is 10.9 Å². The van der Waals surface area contributed by atoms with Gasteiger partial charge in [0.05, 0.1) is 23.7 Å². The number of hydrogen-bond acceptors (Lipinski definition) is 3. The van der Waals surface area contributed by atoms with Gasteiger partial charge in [-0.2, -0.15) is 0 Å². The van der Waals surface area contributed by atoms with Gasteiger partial charge in [0.1, 0.15) is 0 Å². The van der Waals surface area contributed by atoms with Crippen LogP contribution in [0.4, 0.5) is 0 Å². The van der Waals surface area contributed by atoms with E-state index in [1.165, 1.54) is 0 Å². The van der Waals surface area contributed by atoms with Crippen LogP contribution in [0.1, 0.15) is 5.69 Å². The Labute approximate surface area is 74.1 Å². The highest BCUT2D eigenvalue weighted by atomic mass is 16.4. The van der Waals surface area contributed by atoms with Crippen LogP contribution >= 0.6 is 0 Å². The average molecular weight is 176 g/mol. The van der Waals surface area contributed by atoms with E-state index >= 15 is 0 Å². The van der Waals surface area contributed by atoms with Crippen molar-refractivity contribution in [2.24, 2.45) is 10.9 Å². The summed E-state index contributed by atoms with van der Waals surface area (Å²) in [6.07, 6.45) is 3.32. The highest BCUT2D eigenvalue weighted by molar-refractivity contribution is 5.96. The molecule has 0 amide bonds. The largest absolute Gasteiger partial charge is 0.409 e. The van der Waals surface area contributed by atoms with Gasteiger partial charge in [-0.1, -0.05) is 11.2 Å². The standard InChI is InChI=1S/C8H8N4O/c9-8(11-13)7-3-1-2-6-4-10-5-12(6)7/h1-5,13H,(H2,9,11). The van der Waals surface area contributed by atoms with Gasteiger partial charge in [0.15, 0.2) is 5.84 Å². The molecule has 2 aromatic heterocycles. The summed E-state index contributed by atoms with van der Waals surface area (Å²) < 4.78 is 1.75. The Kier molecular flexibility index (Phi) is 1.63. The van der Waals surface area contributed by atoms with Crippen LogP contribution in [0.5, 0.6) is 0 Å². The van der Waals surface area contributed by atoms with E-state index in [0.717, 1.165) is 5.52 Å². The van der Waals surface area contributed by atoms with Gasteiger partial charge >= 0.3 is 0 Å². The zero-order valence-corrected chi connectivity index (χ0v) is 6.75. The predicted octanol–water partition coefficient (Wildman–Crippen LogP) is 0.429. The number of hydrogen-bond donors (Lipinski definition) is 2. The van der Waals surface area contributed by atoms with E-state index in [1.807, 2.05) is 12.1 Å². The number of aromatic nitrogens is 2. The maximum Gasteiger partial charge on any atom is 0.187 e. The van der Waals surface area contributed by atoms with Crippen LogP contribution in [-0.2, 0) is 0 Å². The van der Waals surface area contributed by atoms with Crippen LogP contribution in [0.15, 0.2) is 35.9 Å². The van der Waals surface area contributed by atoms with Crippen molar-refractivity contribution in [1.29, 1.82) is 0 Å². The third-order valence-corrected chi connectivity index (χ3v) is 1.82. The monoisotopic (exact) mass is 176 g/mol. The Morgan fingerprint density at radius 2 is 2.38 bits per heavy atom. The maximum atomic E-state index is 8.51. The summed E-state index contributed by atoms with van der Waals surface area (Å²) in [5.41, 5.74) is 7.00. The molecule has 0 fully saturated rings. The van der Waals surface area contributed by atoms with Crippen molar-refractivity contribution in [3.63, 3.8) is 0 Å².